The summed E-state index contributed by atoms with van der Waals surface area (Å²) in [6.45, 7) is 4.22. The Hall–Kier alpha value is -2.60. The molecule has 2 aromatic carbocycles. The van der Waals surface area contributed by atoms with Crippen LogP contribution in [0.4, 0.5) is 0 Å². The van der Waals surface area contributed by atoms with Crippen LogP contribution in [0.1, 0.15) is 16.7 Å². The Balaban J connectivity index is 1.83. The standard InChI is InChI=1S/C19H18N4OS/c1-12-8-9-13(2)14(10-12)11-25-19-21-20-18-22(3)17(24)15-6-4-5-7-16(15)23(18)19/h4-10H,11H2,1-3H3. The van der Waals surface area contributed by atoms with Gasteiger partial charge in [-0.15, -0.1) is 10.2 Å². The first-order chi connectivity index (χ1) is 12.1. The maximum atomic E-state index is 12.5. The van der Waals surface area contributed by atoms with Gasteiger partial charge in [-0.2, -0.15) is 0 Å². The van der Waals surface area contributed by atoms with E-state index in [9.17, 15) is 4.79 Å². The molecule has 126 valence electrons. The molecular weight excluding hydrogens is 332 g/mol. The zero-order valence-electron chi connectivity index (χ0n) is 14.4. The Morgan fingerprint density at radius 1 is 1.08 bits per heavy atom. The summed E-state index contributed by atoms with van der Waals surface area (Å²) < 4.78 is 3.52. The van der Waals surface area contributed by atoms with Crippen molar-refractivity contribution in [2.24, 2.45) is 7.05 Å². The van der Waals surface area contributed by atoms with Gasteiger partial charge in [0.2, 0.25) is 5.78 Å². The number of aryl methyl sites for hydroxylation is 3. The second-order valence-corrected chi connectivity index (χ2v) is 7.16. The summed E-state index contributed by atoms with van der Waals surface area (Å²) in [6.07, 6.45) is 0. The van der Waals surface area contributed by atoms with Crippen molar-refractivity contribution in [1.29, 1.82) is 0 Å². The summed E-state index contributed by atoms with van der Waals surface area (Å²) in [4.78, 5) is 12.5. The fraction of sp³-hybridized carbons (Fsp3) is 0.211. The number of fused-ring (bicyclic) bond motifs is 3. The van der Waals surface area contributed by atoms with Crippen LogP contribution in [0.25, 0.3) is 16.7 Å². The second-order valence-electron chi connectivity index (χ2n) is 6.22. The Labute approximate surface area is 149 Å². The molecule has 0 saturated heterocycles. The number of para-hydroxylation sites is 1. The smallest absolute Gasteiger partial charge is 0.262 e. The number of nitrogens with zero attached hydrogens (tertiary/aromatic N) is 4. The van der Waals surface area contributed by atoms with Gasteiger partial charge in [-0.25, -0.2) is 0 Å². The van der Waals surface area contributed by atoms with E-state index in [1.165, 1.54) is 16.7 Å². The van der Waals surface area contributed by atoms with Crippen molar-refractivity contribution in [2.45, 2.75) is 24.8 Å². The lowest BCUT2D eigenvalue weighted by Crippen LogP contribution is -2.20. The molecule has 0 bridgehead atoms. The van der Waals surface area contributed by atoms with Gasteiger partial charge in [-0.3, -0.25) is 13.8 Å². The first-order valence-corrected chi connectivity index (χ1v) is 9.06. The van der Waals surface area contributed by atoms with E-state index in [0.29, 0.717) is 11.2 Å². The quantitative estimate of drug-likeness (QED) is 0.531. The largest absolute Gasteiger partial charge is 0.279 e. The fourth-order valence-electron chi connectivity index (χ4n) is 3.00. The van der Waals surface area contributed by atoms with Crippen LogP contribution in [0.2, 0.25) is 0 Å². The molecule has 0 N–H and O–H groups in total. The molecule has 2 aromatic heterocycles. The molecule has 0 saturated carbocycles. The van der Waals surface area contributed by atoms with Crippen molar-refractivity contribution >= 4 is 28.4 Å². The van der Waals surface area contributed by atoms with Crippen molar-refractivity contribution in [1.82, 2.24) is 19.2 Å². The number of aromatic nitrogens is 4. The topological polar surface area (TPSA) is 52.2 Å². The van der Waals surface area contributed by atoms with Crippen LogP contribution in [-0.4, -0.2) is 19.2 Å². The Morgan fingerprint density at radius 3 is 2.72 bits per heavy atom. The van der Waals surface area contributed by atoms with Crippen molar-refractivity contribution < 1.29 is 0 Å². The lowest BCUT2D eigenvalue weighted by Gasteiger charge is -2.09. The van der Waals surface area contributed by atoms with Crippen LogP contribution in [0, 0.1) is 13.8 Å². The third kappa shape index (κ3) is 2.62. The van der Waals surface area contributed by atoms with Gasteiger partial charge in [0.15, 0.2) is 5.16 Å². The summed E-state index contributed by atoms with van der Waals surface area (Å²) >= 11 is 1.64. The summed E-state index contributed by atoms with van der Waals surface area (Å²) in [5.74, 6) is 1.37. The minimum atomic E-state index is -0.0541. The maximum absolute atomic E-state index is 12.5. The van der Waals surface area contributed by atoms with Crippen molar-refractivity contribution in [3.05, 3.63) is 69.5 Å². The van der Waals surface area contributed by atoms with E-state index in [1.807, 2.05) is 28.7 Å². The van der Waals surface area contributed by atoms with Gasteiger partial charge in [0.25, 0.3) is 5.56 Å². The van der Waals surface area contributed by atoms with Gasteiger partial charge in [0, 0.05) is 12.8 Å². The molecule has 0 fully saturated rings. The Bertz CT molecular complexity index is 1160. The molecule has 0 spiro atoms. The first-order valence-electron chi connectivity index (χ1n) is 8.08. The van der Waals surface area contributed by atoms with Crippen molar-refractivity contribution in [3.8, 4) is 0 Å². The molecule has 25 heavy (non-hydrogen) atoms. The molecule has 0 aliphatic heterocycles. The Morgan fingerprint density at radius 2 is 1.88 bits per heavy atom. The first kappa shape index (κ1) is 15.9. The number of benzene rings is 2. The molecule has 0 aliphatic rings. The average molecular weight is 350 g/mol. The van der Waals surface area contributed by atoms with E-state index < -0.39 is 0 Å². The summed E-state index contributed by atoms with van der Waals surface area (Å²) in [7, 11) is 1.73. The van der Waals surface area contributed by atoms with Gasteiger partial charge in [0.1, 0.15) is 0 Å². The van der Waals surface area contributed by atoms with Crippen molar-refractivity contribution in [3.63, 3.8) is 0 Å². The molecule has 4 aromatic rings. The number of thioether (sulfide) groups is 1. The van der Waals surface area contributed by atoms with E-state index in [-0.39, 0.29) is 5.56 Å². The summed E-state index contributed by atoms with van der Waals surface area (Å²) in [6, 6.07) is 14.1. The number of hydrogen-bond acceptors (Lipinski definition) is 4. The molecule has 5 nitrogen and oxygen atoms in total. The molecular formula is C19H18N4OS. The van der Waals surface area contributed by atoms with Gasteiger partial charge in [-0.1, -0.05) is 47.7 Å². The molecule has 0 atom stereocenters. The molecule has 0 amide bonds. The predicted octanol–water partition coefficient (Wildman–Crippen LogP) is 3.49. The highest BCUT2D eigenvalue weighted by Crippen LogP contribution is 2.26. The molecule has 2 heterocycles. The van der Waals surface area contributed by atoms with Crippen LogP contribution in [0.5, 0.6) is 0 Å². The van der Waals surface area contributed by atoms with Gasteiger partial charge in [-0.05, 0) is 37.1 Å². The molecule has 0 unspecified atom stereocenters. The van der Waals surface area contributed by atoms with E-state index in [0.717, 1.165) is 16.4 Å². The summed E-state index contributed by atoms with van der Waals surface area (Å²) in [5.41, 5.74) is 4.59. The van der Waals surface area contributed by atoms with E-state index in [2.05, 4.69) is 42.2 Å². The van der Waals surface area contributed by atoms with Crippen LogP contribution in [0.15, 0.2) is 52.4 Å². The lowest BCUT2D eigenvalue weighted by atomic mass is 10.1. The highest BCUT2D eigenvalue weighted by Gasteiger charge is 2.15. The van der Waals surface area contributed by atoms with Gasteiger partial charge >= 0.3 is 0 Å². The van der Waals surface area contributed by atoms with E-state index in [4.69, 9.17) is 0 Å². The zero-order chi connectivity index (χ0) is 17.6. The van der Waals surface area contributed by atoms with Crippen molar-refractivity contribution in [2.75, 3.05) is 0 Å². The van der Waals surface area contributed by atoms with Crippen LogP contribution < -0.4 is 5.56 Å². The molecule has 0 aliphatic carbocycles. The number of hydrogen-bond donors (Lipinski definition) is 0. The minimum Gasteiger partial charge on any atom is -0.279 e. The number of rotatable bonds is 3. The molecule has 6 heteroatoms. The SMILES string of the molecule is Cc1ccc(C)c(CSc2nnc3n(C)c(=O)c4ccccc4n23)c1. The monoisotopic (exact) mass is 350 g/mol. The zero-order valence-corrected chi connectivity index (χ0v) is 15.2. The molecule has 4 rings (SSSR count). The second kappa shape index (κ2) is 6.04. The average Bonchev–Trinajstić information content (AvgIpc) is 3.05. The molecule has 0 radical (unpaired) electrons. The third-order valence-electron chi connectivity index (χ3n) is 4.46. The van der Waals surface area contributed by atoms with Gasteiger partial charge in [0.05, 0.1) is 10.9 Å². The maximum Gasteiger partial charge on any atom is 0.262 e. The highest BCUT2D eigenvalue weighted by molar-refractivity contribution is 7.98. The third-order valence-corrected chi connectivity index (χ3v) is 5.44. The Kier molecular flexibility index (Phi) is 3.84. The van der Waals surface area contributed by atoms with Crippen LogP contribution in [0.3, 0.4) is 0 Å². The van der Waals surface area contributed by atoms with E-state index >= 15 is 0 Å². The lowest BCUT2D eigenvalue weighted by molar-refractivity contribution is 0.853. The van der Waals surface area contributed by atoms with Crippen LogP contribution in [-0.2, 0) is 12.8 Å². The highest BCUT2D eigenvalue weighted by atomic mass is 32.2. The predicted molar refractivity (Wildman–Crippen MR) is 101 cm³/mol. The summed E-state index contributed by atoms with van der Waals surface area (Å²) in [5, 5.41) is 10.0. The minimum absolute atomic E-state index is 0.0541. The van der Waals surface area contributed by atoms with Crippen LogP contribution >= 0.6 is 11.8 Å². The van der Waals surface area contributed by atoms with E-state index in [1.54, 1.807) is 23.4 Å². The normalized spacial score (nSPS) is 11.5. The fourth-order valence-corrected chi connectivity index (χ4v) is 4.01. The van der Waals surface area contributed by atoms with Gasteiger partial charge < -0.3 is 0 Å².